The minimum absolute atomic E-state index is 0.683. The van der Waals surface area contributed by atoms with Gasteiger partial charge in [-0.2, -0.15) is 0 Å². The van der Waals surface area contributed by atoms with Crippen LogP contribution in [0.5, 0.6) is 0 Å². The highest BCUT2D eigenvalue weighted by Gasteiger charge is 2.29. The standard InChI is InChI=1S/C34H51N3/c1-8-10-30(21-26(6)25(5)9-2)34-27(7)32-22-29(11-12-33(32)35-34)28-13-19-37(20-14-28)31-15-17-36(18-16-31)23-24(3)4/h8,10-12,21-22,24,28,31,35H,9,13-20,23H2,1-7H3/b10-8-,26-25?,30-21+. The van der Waals surface area contributed by atoms with Gasteiger partial charge in [0.05, 0.1) is 0 Å². The van der Waals surface area contributed by atoms with E-state index in [0.29, 0.717) is 5.92 Å². The Morgan fingerprint density at radius 2 is 1.76 bits per heavy atom. The van der Waals surface area contributed by atoms with Crippen molar-refractivity contribution in [2.24, 2.45) is 5.92 Å². The largest absolute Gasteiger partial charge is 0.354 e. The van der Waals surface area contributed by atoms with Crippen LogP contribution in [0.1, 0.15) is 96.4 Å². The molecule has 37 heavy (non-hydrogen) atoms. The van der Waals surface area contributed by atoms with Crippen LogP contribution in [0.3, 0.4) is 0 Å². The van der Waals surface area contributed by atoms with E-state index in [0.717, 1.165) is 18.4 Å². The predicted molar refractivity (Wildman–Crippen MR) is 162 cm³/mol. The van der Waals surface area contributed by atoms with E-state index in [4.69, 9.17) is 0 Å². The molecule has 1 aromatic heterocycles. The van der Waals surface area contributed by atoms with E-state index < -0.39 is 0 Å². The van der Waals surface area contributed by atoms with E-state index in [2.05, 4.69) is 99.7 Å². The van der Waals surface area contributed by atoms with Gasteiger partial charge in [-0.1, -0.05) is 56.2 Å². The van der Waals surface area contributed by atoms with Crippen molar-refractivity contribution in [2.45, 2.75) is 92.5 Å². The van der Waals surface area contributed by atoms with Crippen molar-refractivity contribution in [2.75, 3.05) is 32.7 Å². The van der Waals surface area contributed by atoms with E-state index in [1.807, 2.05) is 0 Å². The zero-order valence-electron chi connectivity index (χ0n) is 24.7. The Morgan fingerprint density at radius 3 is 2.38 bits per heavy atom. The van der Waals surface area contributed by atoms with E-state index in [-0.39, 0.29) is 0 Å². The SMILES string of the molecule is C/C=C\C(=C/C(C)=C(C)CC)c1[nH]c2ccc(C3CCN(C4CCN(CC(C)C)CC4)CC3)cc2c1C. The molecular formula is C34H51N3. The summed E-state index contributed by atoms with van der Waals surface area (Å²) in [6.07, 6.45) is 13.1. The molecule has 0 atom stereocenters. The van der Waals surface area contributed by atoms with Gasteiger partial charge in [-0.05, 0) is 127 Å². The first-order valence-electron chi connectivity index (χ1n) is 14.9. The summed E-state index contributed by atoms with van der Waals surface area (Å²) < 4.78 is 0. The zero-order valence-corrected chi connectivity index (χ0v) is 24.7. The smallest absolute Gasteiger partial charge is 0.0494 e. The highest BCUT2D eigenvalue weighted by atomic mass is 15.2. The molecular weight excluding hydrogens is 450 g/mol. The van der Waals surface area contributed by atoms with Gasteiger partial charge in [-0.25, -0.2) is 0 Å². The minimum atomic E-state index is 0.683. The van der Waals surface area contributed by atoms with Crippen LogP contribution < -0.4 is 0 Å². The second kappa shape index (κ2) is 12.6. The van der Waals surface area contributed by atoms with Crippen molar-refractivity contribution in [3.63, 3.8) is 0 Å². The lowest BCUT2D eigenvalue weighted by Gasteiger charge is -2.42. The maximum atomic E-state index is 3.75. The molecule has 2 aliphatic rings. The average Bonchev–Trinajstić information content (AvgIpc) is 3.23. The summed E-state index contributed by atoms with van der Waals surface area (Å²) in [7, 11) is 0. The Hall–Kier alpha value is -2.10. The number of aryl methyl sites for hydroxylation is 1. The van der Waals surface area contributed by atoms with E-state index >= 15 is 0 Å². The number of aromatic nitrogens is 1. The maximum Gasteiger partial charge on any atom is 0.0494 e. The van der Waals surface area contributed by atoms with Crippen molar-refractivity contribution in [3.8, 4) is 0 Å². The van der Waals surface area contributed by atoms with Crippen LogP contribution in [-0.2, 0) is 0 Å². The van der Waals surface area contributed by atoms with Crippen molar-refractivity contribution in [1.82, 2.24) is 14.8 Å². The van der Waals surface area contributed by atoms with Crippen LogP contribution in [-0.4, -0.2) is 53.5 Å². The molecule has 2 aromatic rings. The third kappa shape index (κ3) is 6.67. The monoisotopic (exact) mass is 501 g/mol. The molecule has 0 spiro atoms. The van der Waals surface area contributed by atoms with Gasteiger partial charge in [-0.3, -0.25) is 0 Å². The van der Waals surface area contributed by atoms with Crippen LogP contribution in [0.4, 0.5) is 0 Å². The second-order valence-electron chi connectivity index (χ2n) is 12.1. The summed E-state index contributed by atoms with van der Waals surface area (Å²) >= 11 is 0. The van der Waals surface area contributed by atoms with Gasteiger partial charge in [-0.15, -0.1) is 0 Å². The summed E-state index contributed by atoms with van der Waals surface area (Å²) in [6.45, 7) is 22.1. The summed E-state index contributed by atoms with van der Waals surface area (Å²) in [6, 6.07) is 8.00. The van der Waals surface area contributed by atoms with Crippen molar-refractivity contribution >= 4 is 16.5 Å². The number of benzene rings is 1. The molecule has 0 amide bonds. The first-order chi connectivity index (χ1) is 17.8. The normalized spacial score (nSPS) is 20.5. The number of likely N-dealkylation sites (tertiary alicyclic amines) is 2. The molecule has 1 aromatic carbocycles. The van der Waals surface area contributed by atoms with Crippen LogP contribution in [0, 0.1) is 12.8 Å². The Morgan fingerprint density at radius 1 is 1.05 bits per heavy atom. The molecule has 0 radical (unpaired) electrons. The lowest BCUT2D eigenvalue weighted by molar-refractivity contribution is 0.0828. The molecule has 0 bridgehead atoms. The lowest BCUT2D eigenvalue weighted by Crippen LogP contribution is -2.48. The molecule has 3 nitrogen and oxygen atoms in total. The van der Waals surface area contributed by atoms with Gasteiger partial charge in [0.2, 0.25) is 0 Å². The summed E-state index contributed by atoms with van der Waals surface area (Å²) in [5.41, 5.74) is 9.50. The minimum Gasteiger partial charge on any atom is -0.354 e. The number of hydrogen-bond donors (Lipinski definition) is 1. The van der Waals surface area contributed by atoms with E-state index in [1.54, 1.807) is 0 Å². The molecule has 0 saturated carbocycles. The van der Waals surface area contributed by atoms with Gasteiger partial charge in [0.1, 0.15) is 0 Å². The van der Waals surface area contributed by atoms with E-state index in [9.17, 15) is 0 Å². The highest BCUT2D eigenvalue weighted by molar-refractivity contribution is 5.91. The Labute approximate surface area is 226 Å². The molecule has 3 heterocycles. The van der Waals surface area contributed by atoms with Gasteiger partial charge >= 0.3 is 0 Å². The first-order valence-corrected chi connectivity index (χ1v) is 14.9. The summed E-state index contributed by atoms with van der Waals surface area (Å²) in [5.74, 6) is 1.46. The van der Waals surface area contributed by atoms with Crippen molar-refractivity contribution < 1.29 is 0 Å². The summed E-state index contributed by atoms with van der Waals surface area (Å²) in [5, 5.41) is 1.39. The number of hydrogen-bond acceptors (Lipinski definition) is 2. The number of piperidine rings is 2. The number of H-pyrrole nitrogens is 1. The number of aromatic amines is 1. The van der Waals surface area contributed by atoms with Crippen molar-refractivity contribution in [3.05, 3.63) is 64.4 Å². The van der Waals surface area contributed by atoms with Gasteiger partial charge < -0.3 is 14.8 Å². The van der Waals surface area contributed by atoms with Crippen LogP contribution in [0.25, 0.3) is 16.5 Å². The number of nitrogens with one attached hydrogen (secondary N) is 1. The second-order valence-corrected chi connectivity index (χ2v) is 12.1. The Kier molecular flexibility index (Phi) is 9.53. The topological polar surface area (TPSA) is 22.3 Å². The fourth-order valence-corrected chi connectivity index (χ4v) is 6.49. The fraction of sp³-hybridized carbons (Fsp3) is 0.588. The third-order valence-electron chi connectivity index (χ3n) is 8.99. The molecule has 0 unspecified atom stereocenters. The van der Waals surface area contributed by atoms with Gasteiger partial charge in [0.25, 0.3) is 0 Å². The number of rotatable bonds is 8. The van der Waals surface area contributed by atoms with Crippen LogP contribution in [0.2, 0.25) is 0 Å². The van der Waals surface area contributed by atoms with Gasteiger partial charge in [0, 0.05) is 29.2 Å². The fourth-order valence-electron chi connectivity index (χ4n) is 6.49. The molecule has 2 saturated heterocycles. The van der Waals surface area contributed by atoms with Gasteiger partial charge in [0.15, 0.2) is 0 Å². The summed E-state index contributed by atoms with van der Waals surface area (Å²) in [4.78, 5) is 9.24. The molecule has 2 fully saturated rings. The molecule has 202 valence electrons. The molecule has 1 N–H and O–H groups in total. The molecule has 2 aliphatic heterocycles. The Bertz CT molecular complexity index is 1130. The lowest BCUT2D eigenvalue weighted by atomic mass is 9.87. The molecule has 0 aliphatic carbocycles. The number of nitrogens with zero attached hydrogens (tertiary/aromatic N) is 2. The van der Waals surface area contributed by atoms with E-state index in [1.165, 1.54) is 103 Å². The highest BCUT2D eigenvalue weighted by Crippen LogP contribution is 2.35. The Balaban J connectivity index is 1.45. The van der Waals surface area contributed by atoms with Crippen LogP contribution >= 0.6 is 0 Å². The van der Waals surface area contributed by atoms with Crippen molar-refractivity contribution in [1.29, 1.82) is 0 Å². The molecule has 3 heteroatoms. The average molecular weight is 502 g/mol. The predicted octanol–water partition coefficient (Wildman–Crippen LogP) is 8.48. The third-order valence-corrected chi connectivity index (χ3v) is 8.99. The number of allylic oxidation sites excluding steroid dienone is 6. The maximum absolute atomic E-state index is 3.75. The number of fused-ring (bicyclic) bond motifs is 1. The first kappa shape index (κ1) is 27.9. The van der Waals surface area contributed by atoms with Crippen LogP contribution in [0.15, 0.2) is 47.6 Å². The zero-order chi connectivity index (χ0) is 26.5. The molecule has 4 rings (SSSR count). The quantitative estimate of drug-likeness (QED) is 0.366.